The number of halogens is 2. The Morgan fingerprint density at radius 1 is 1.00 bits per heavy atom. The normalized spacial score (nSPS) is 12.1. The highest BCUT2D eigenvalue weighted by molar-refractivity contribution is 9.10. The SMILES string of the molecule is COc1ccc(-c2nn(-c3ccccc3)cc2/C=c2\sc3nc(/C=C/c4ccc(F)cc4)nn3c2=O)cc1Br. The first-order chi connectivity index (χ1) is 19.0. The Morgan fingerprint density at radius 3 is 2.51 bits per heavy atom. The molecule has 192 valence electrons. The number of thiazole rings is 1. The van der Waals surface area contributed by atoms with E-state index in [-0.39, 0.29) is 11.4 Å². The fourth-order valence-electron chi connectivity index (χ4n) is 4.05. The highest BCUT2D eigenvalue weighted by Crippen LogP contribution is 2.32. The lowest BCUT2D eigenvalue weighted by molar-refractivity contribution is 0.412. The van der Waals surface area contributed by atoms with E-state index in [0.717, 1.165) is 26.9 Å². The van der Waals surface area contributed by atoms with Gasteiger partial charge in [-0.1, -0.05) is 47.7 Å². The van der Waals surface area contributed by atoms with Crippen molar-refractivity contribution in [3.63, 3.8) is 0 Å². The van der Waals surface area contributed by atoms with Gasteiger partial charge in [-0.25, -0.2) is 9.07 Å². The van der Waals surface area contributed by atoms with Gasteiger partial charge in [0, 0.05) is 17.3 Å². The van der Waals surface area contributed by atoms with Gasteiger partial charge in [0.05, 0.1) is 21.8 Å². The molecule has 0 saturated carbocycles. The second kappa shape index (κ2) is 10.4. The standard InChI is InChI=1S/C29H19BrFN5O2S/c1-38-24-13-10-19(15-23(24)30)27-20(17-35(34-27)22-5-3-2-4-6-22)16-25-28(37)36-29(39-25)32-26(33-36)14-9-18-7-11-21(31)12-8-18/h2-17H,1H3/b14-9+,25-16-. The van der Waals surface area contributed by atoms with Gasteiger partial charge in [0.2, 0.25) is 4.96 Å². The van der Waals surface area contributed by atoms with Crippen LogP contribution in [0.5, 0.6) is 5.75 Å². The summed E-state index contributed by atoms with van der Waals surface area (Å²) in [5.41, 5.74) is 3.78. The van der Waals surface area contributed by atoms with Gasteiger partial charge in [0.1, 0.15) is 17.3 Å². The summed E-state index contributed by atoms with van der Waals surface area (Å²) in [4.78, 5) is 18.2. The van der Waals surface area contributed by atoms with Gasteiger partial charge in [0.25, 0.3) is 5.56 Å². The first-order valence-electron chi connectivity index (χ1n) is 11.8. The number of fused-ring (bicyclic) bond motifs is 1. The van der Waals surface area contributed by atoms with Gasteiger partial charge < -0.3 is 4.74 Å². The number of nitrogens with zero attached hydrogens (tertiary/aromatic N) is 5. The minimum absolute atomic E-state index is 0.266. The van der Waals surface area contributed by atoms with Crippen molar-refractivity contribution in [1.82, 2.24) is 24.4 Å². The highest BCUT2D eigenvalue weighted by atomic mass is 79.9. The van der Waals surface area contributed by atoms with Gasteiger partial charge in [-0.3, -0.25) is 4.79 Å². The molecule has 3 aromatic carbocycles. The van der Waals surface area contributed by atoms with Crippen molar-refractivity contribution in [2.24, 2.45) is 0 Å². The number of hydrogen-bond donors (Lipinski definition) is 0. The number of methoxy groups -OCH3 is 1. The molecule has 39 heavy (non-hydrogen) atoms. The molecule has 3 aromatic heterocycles. The third kappa shape index (κ3) is 5.04. The molecule has 0 amide bonds. The second-order valence-corrected chi connectivity index (χ2v) is 10.4. The molecule has 0 aliphatic carbocycles. The molecule has 0 bridgehead atoms. The van der Waals surface area contributed by atoms with Gasteiger partial charge in [-0.15, -0.1) is 5.10 Å². The van der Waals surface area contributed by atoms with Crippen LogP contribution in [-0.4, -0.2) is 31.5 Å². The van der Waals surface area contributed by atoms with Crippen molar-refractivity contribution >= 4 is 50.5 Å². The molecule has 0 radical (unpaired) electrons. The molecule has 10 heteroatoms. The number of benzene rings is 3. The number of rotatable bonds is 6. The van der Waals surface area contributed by atoms with E-state index in [1.54, 1.807) is 36.1 Å². The Hall–Kier alpha value is -4.41. The highest BCUT2D eigenvalue weighted by Gasteiger charge is 2.15. The largest absolute Gasteiger partial charge is 0.496 e. The van der Waals surface area contributed by atoms with Crippen LogP contribution in [0, 0.1) is 5.82 Å². The molecule has 0 aliphatic rings. The zero-order valence-electron chi connectivity index (χ0n) is 20.5. The van der Waals surface area contributed by atoms with Crippen molar-refractivity contribution < 1.29 is 9.13 Å². The van der Waals surface area contributed by atoms with Crippen LogP contribution >= 0.6 is 27.3 Å². The smallest absolute Gasteiger partial charge is 0.291 e. The summed E-state index contributed by atoms with van der Waals surface area (Å²) in [5.74, 6) is 0.808. The third-order valence-electron chi connectivity index (χ3n) is 5.97. The Kier molecular flexibility index (Phi) is 6.64. The predicted octanol–water partition coefficient (Wildman–Crippen LogP) is 5.63. The molecule has 0 spiro atoms. The molecular formula is C29H19BrFN5O2S. The van der Waals surface area contributed by atoms with Crippen molar-refractivity contribution in [3.8, 4) is 22.7 Å². The van der Waals surface area contributed by atoms with Crippen LogP contribution < -0.4 is 14.8 Å². The fraction of sp³-hybridized carbons (Fsp3) is 0.0345. The monoisotopic (exact) mass is 599 g/mol. The molecule has 0 N–H and O–H groups in total. The van der Waals surface area contributed by atoms with E-state index in [0.29, 0.717) is 26.8 Å². The van der Waals surface area contributed by atoms with E-state index in [9.17, 15) is 9.18 Å². The van der Waals surface area contributed by atoms with Crippen LogP contribution in [0.15, 0.2) is 88.3 Å². The summed E-state index contributed by atoms with van der Waals surface area (Å²) < 4.78 is 22.9. The van der Waals surface area contributed by atoms with Crippen LogP contribution in [0.4, 0.5) is 4.39 Å². The minimum atomic E-state index is -0.301. The summed E-state index contributed by atoms with van der Waals surface area (Å²) in [5, 5.41) is 9.20. The Bertz CT molecular complexity index is 1950. The average Bonchev–Trinajstić information content (AvgIpc) is 3.63. The summed E-state index contributed by atoms with van der Waals surface area (Å²) in [7, 11) is 1.62. The summed E-state index contributed by atoms with van der Waals surface area (Å²) in [6, 6.07) is 21.6. The van der Waals surface area contributed by atoms with E-state index in [4.69, 9.17) is 9.84 Å². The maximum Gasteiger partial charge on any atom is 0.291 e. The molecule has 0 aliphatic heterocycles. The number of para-hydroxylation sites is 1. The Morgan fingerprint density at radius 2 is 1.79 bits per heavy atom. The summed E-state index contributed by atoms with van der Waals surface area (Å²) in [6.07, 6.45) is 7.18. The third-order valence-corrected chi connectivity index (χ3v) is 7.55. The number of ether oxygens (including phenoxy) is 1. The Balaban J connectivity index is 1.41. The van der Waals surface area contributed by atoms with Crippen LogP contribution in [-0.2, 0) is 0 Å². The molecule has 0 fully saturated rings. The molecule has 0 atom stereocenters. The van der Waals surface area contributed by atoms with E-state index in [1.807, 2.05) is 60.8 Å². The van der Waals surface area contributed by atoms with Crippen LogP contribution in [0.1, 0.15) is 17.0 Å². The fourth-order valence-corrected chi connectivity index (χ4v) is 5.50. The van der Waals surface area contributed by atoms with Crippen molar-refractivity contribution in [3.05, 3.63) is 121 Å². The number of aromatic nitrogens is 5. The van der Waals surface area contributed by atoms with Crippen molar-refractivity contribution in [1.29, 1.82) is 0 Å². The second-order valence-electron chi connectivity index (χ2n) is 8.53. The zero-order chi connectivity index (χ0) is 26.9. The summed E-state index contributed by atoms with van der Waals surface area (Å²) in [6.45, 7) is 0. The molecule has 6 rings (SSSR count). The lowest BCUT2D eigenvalue weighted by atomic mass is 10.1. The molecular weight excluding hydrogens is 581 g/mol. The average molecular weight is 600 g/mol. The van der Waals surface area contributed by atoms with E-state index < -0.39 is 0 Å². The molecule has 7 nitrogen and oxygen atoms in total. The van der Waals surface area contributed by atoms with Crippen molar-refractivity contribution in [2.75, 3.05) is 7.11 Å². The van der Waals surface area contributed by atoms with E-state index in [2.05, 4.69) is 26.0 Å². The van der Waals surface area contributed by atoms with Gasteiger partial charge >= 0.3 is 0 Å². The van der Waals surface area contributed by atoms with Gasteiger partial charge in [-0.05, 0) is 76.1 Å². The first kappa shape index (κ1) is 24.9. The first-order valence-corrected chi connectivity index (χ1v) is 13.4. The van der Waals surface area contributed by atoms with Crippen molar-refractivity contribution in [2.45, 2.75) is 0 Å². The molecule has 6 aromatic rings. The lowest BCUT2D eigenvalue weighted by Crippen LogP contribution is -2.23. The minimum Gasteiger partial charge on any atom is -0.496 e. The molecule has 0 saturated heterocycles. The van der Waals surface area contributed by atoms with E-state index >= 15 is 0 Å². The predicted molar refractivity (Wildman–Crippen MR) is 154 cm³/mol. The topological polar surface area (TPSA) is 74.3 Å². The Labute approximate surface area is 234 Å². The van der Waals surface area contributed by atoms with Crippen LogP contribution in [0.25, 0.3) is 40.1 Å². The molecule has 0 unspecified atom stereocenters. The zero-order valence-corrected chi connectivity index (χ0v) is 22.9. The van der Waals surface area contributed by atoms with E-state index in [1.165, 1.54) is 28.0 Å². The van der Waals surface area contributed by atoms with Gasteiger partial charge in [-0.2, -0.15) is 14.6 Å². The maximum atomic E-state index is 13.2. The molecule has 3 heterocycles. The maximum absolute atomic E-state index is 13.2. The summed E-state index contributed by atoms with van der Waals surface area (Å²) >= 11 is 4.81. The lowest BCUT2D eigenvalue weighted by Gasteiger charge is -2.05. The van der Waals surface area contributed by atoms with Crippen LogP contribution in [0.3, 0.4) is 0 Å². The quantitative estimate of drug-likeness (QED) is 0.248. The van der Waals surface area contributed by atoms with Gasteiger partial charge in [0.15, 0.2) is 5.82 Å². The number of hydrogen-bond acceptors (Lipinski definition) is 6. The van der Waals surface area contributed by atoms with Crippen LogP contribution in [0.2, 0.25) is 0 Å².